The van der Waals surface area contributed by atoms with Crippen molar-refractivity contribution in [2.24, 2.45) is 11.3 Å². The number of carboxylic acids is 1. The normalized spacial score (nSPS) is 27.3. The molecule has 118 valence electrons. The highest BCUT2D eigenvalue weighted by molar-refractivity contribution is 5.71. The molecule has 1 aliphatic carbocycles. The van der Waals surface area contributed by atoms with Gasteiger partial charge in [0.15, 0.2) is 0 Å². The van der Waals surface area contributed by atoms with Gasteiger partial charge < -0.3 is 14.7 Å². The van der Waals surface area contributed by atoms with E-state index in [1.54, 1.807) is 4.90 Å². The topological polar surface area (TPSA) is 66.8 Å². The Morgan fingerprint density at radius 1 is 1.27 bits per heavy atom. The highest BCUT2D eigenvalue weighted by Gasteiger charge is 2.47. The molecule has 5 nitrogen and oxygen atoms in total. The van der Waals surface area contributed by atoms with Gasteiger partial charge in [0.25, 0.3) is 0 Å². The molecule has 1 spiro atoms. The summed E-state index contributed by atoms with van der Waals surface area (Å²) < 4.78 is 5.36. The quantitative estimate of drug-likeness (QED) is 0.932. The number of carboxylic acid groups (broad SMARTS) is 1. The molecule has 0 aromatic heterocycles. The van der Waals surface area contributed by atoms with Gasteiger partial charge in [-0.25, -0.2) is 4.79 Å². The van der Waals surface area contributed by atoms with E-state index in [2.05, 4.69) is 0 Å². The maximum Gasteiger partial charge on any atom is 0.410 e. The smallest absolute Gasteiger partial charge is 0.410 e. The van der Waals surface area contributed by atoms with E-state index >= 15 is 0 Å². The highest BCUT2D eigenvalue weighted by atomic mass is 16.6. The van der Waals surface area contributed by atoms with Crippen molar-refractivity contribution in [1.29, 1.82) is 0 Å². The van der Waals surface area contributed by atoms with E-state index < -0.39 is 5.97 Å². The average molecular weight is 303 g/mol. The Bertz CT molecular complexity index is 559. The average Bonchev–Trinajstić information content (AvgIpc) is 3.14. The Hall–Kier alpha value is -2.04. The Kier molecular flexibility index (Phi) is 4.05. The number of carbonyl (C=O) groups is 2. The van der Waals surface area contributed by atoms with E-state index in [0.29, 0.717) is 19.5 Å². The monoisotopic (exact) mass is 303 g/mol. The lowest BCUT2D eigenvalue weighted by molar-refractivity contribution is -0.141. The van der Waals surface area contributed by atoms with Crippen molar-refractivity contribution in [2.45, 2.75) is 32.3 Å². The third-order valence-electron chi connectivity index (χ3n) is 4.95. The second-order valence-electron chi connectivity index (χ2n) is 6.49. The minimum Gasteiger partial charge on any atom is -0.481 e. The lowest BCUT2D eigenvalue weighted by Crippen LogP contribution is -2.32. The largest absolute Gasteiger partial charge is 0.481 e. The van der Waals surface area contributed by atoms with Crippen LogP contribution in [0.5, 0.6) is 0 Å². The number of benzene rings is 1. The summed E-state index contributed by atoms with van der Waals surface area (Å²) in [5.74, 6) is -0.956. The van der Waals surface area contributed by atoms with Gasteiger partial charge >= 0.3 is 12.1 Å². The molecular formula is C17H21NO4. The number of hydrogen-bond donors (Lipinski definition) is 1. The van der Waals surface area contributed by atoms with Crippen molar-refractivity contribution in [1.82, 2.24) is 4.90 Å². The van der Waals surface area contributed by atoms with Crippen LogP contribution in [0.3, 0.4) is 0 Å². The van der Waals surface area contributed by atoms with Crippen LogP contribution in [0.15, 0.2) is 30.3 Å². The zero-order valence-corrected chi connectivity index (χ0v) is 12.5. The summed E-state index contributed by atoms with van der Waals surface area (Å²) in [7, 11) is 0. The molecule has 2 aliphatic rings. The summed E-state index contributed by atoms with van der Waals surface area (Å²) >= 11 is 0. The Morgan fingerprint density at radius 3 is 2.73 bits per heavy atom. The first-order valence-electron chi connectivity index (χ1n) is 7.76. The molecule has 1 N–H and O–H groups in total. The molecule has 22 heavy (non-hydrogen) atoms. The number of hydrogen-bond acceptors (Lipinski definition) is 3. The van der Waals surface area contributed by atoms with E-state index in [4.69, 9.17) is 9.84 Å². The van der Waals surface area contributed by atoms with Crippen molar-refractivity contribution in [3.63, 3.8) is 0 Å². The molecule has 1 saturated carbocycles. The minimum atomic E-state index is -0.707. The number of aliphatic carboxylic acids is 1. The summed E-state index contributed by atoms with van der Waals surface area (Å²) in [5.41, 5.74) is 0.964. The molecule has 1 aromatic carbocycles. The van der Waals surface area contributed by atoms with E-state index in [1.165, 1.54) is 0 Å². The zero-order chi connectivity index (χ0) is 15.6. The van der Waals surface area contributed by atoms with Crippen molar-refractivity contribution >= 4 is 12.1 Å². The maximum absolute atomic E-state index is 12.2. The molecule has 2 atom stereocenters. The van der Waals surface area contributed by atoms with Gasteiger partial charge in [-0.15, -0.1) is 0 Å². The second kappa shape index (κ2) is 5.99. The molecule has 0 unspecified atom stereocenters. The summed E-state index contributed by atoms with van der Waals surface area (Å²) in [6, 6.07) is 9.60. The van der Waals surface area contributed by atoms with Gasteiger partial charge in [-0.3, -0.25) is 4.79 Å². The van der Waals surface area contributed by atoms with Gasteiger partial charge in [0.05, 0.1) is 5.92 Å². The predicted octanol–water partition coefficient (Wildman–Crippen LogP) is 2.90. The molecule has 2 fully saturated rings. The Balaban J connectivity index is 1.52. The number of carbonyl (C=O) groups excluding carboxylic acids is 1. The van der Waals surface area contributed by atoms with Crippen LogP contribution in [-0.4, -0.2) is 35.2 Å². The number of rotatable bonds is 3. The Morgan fingerprint density at radius 2 is 2.05 bits per heavy atom. The van der Waals surface area contributed by atoms with Crippen LogP contribution in [0.25, 0.3) is 0 Å². The van der Waals surface area contributed by atoms with Crippen LogP contribution in [0.2, 0.25) is 0 Å². The zero-order valence-electron chi connectivity index (χ0n) is 12.5. The van der Waals surface area contributed by atoms with Gasteiger partial charge in [0.2, 0.25) is 0 Å². The van der Waals surface area contributed by atoms with Crippen molar-refractivity contribution < 1.29 is 19.4 Å². The third kappa shape index (κ3) is 3.08. The van der Waals surface area contributed by atoms with Crippen LogP contribution >= 0.6 is 0 Å². The minimum absolute atomic E-state index is 0.00514. The standard InChI is InChI=1S/C17H21NO4/c19-15(20)14-6-7-17(10-14)8-9-18(12-17)16(21)22-11-13-4-2-1-3-5-13/h1-5,14H,6-12H2,(H,19,20)/t14-,17+/m0/s1. The lowest BCUT2D eigenvalue weighted by atomic mass is 9.84. The van der Waals surface area contributed by atoms with Crippen molar-refractivity contribution in [2.75, 3.05) is 13.1 Å². The molecule has 1 heterocycles. The van der Waals surface area contributed by atoms with Gasteiger partial charge in [0, 0.05) is 13.1 Å². The van der Waals surface area contributed by atoms with Crippen LogP contribution in [0, 0.1) is 11.3 Å². The van der Waals surface area contributed by atoms with Crippen molar-refractivity contribution in [3.05, 3.63) is 35.9 Å². The summed E-state index contributed by atoms with van der Waals surface area (Å²) in [6.45, 7) is 1.57. The molecule has 1 aromatic rings. The molecule has 3 rings (SSSR count). The maximum atomic E-state index is 12.2. The fourth-order valence-electron chi connectivity index (χ4n) is 3.69. The molecule has 0 radical (unpaired) electrons. The molecule has 5 heteroatoms. The summed E-state index contributed by atoms with van der Waals surface area (Å²) in [6.07, 6.45) is 2.90. The Labute approximate surface area is 129 Å². The SMILES string of the molecule is O=C(O)[C@H]1CC[C@@]2(CCN(C(=O)OCc3ccccc3)C2)C1. The van der Waals surface area contributed by atoms with Crippen LogP contribution in [-0.2, 0) is 16.1 Å². The van der Waals surface area contributed by atoms with E-state index in [-0.39, 0.29) is 24.0 Å². The molecule has 1 saturated heterocycles. The molecule has 0 bridgehead atoms. The van der Waals surface area contributed by atoms with E-state index in [0.717, 1.165) is 24.8 Å². The first-order valence-corrected chi connectivity index (χ1v) is 7.76. The van der Waals surface area contributed by atoms with Crippen LogP contribution in [0.1, 0.15) is 31.2 Å². The van der Waals surface area contributed by atoms with Crippen LogP contribution < -0.4 is 0 Å². The number of amides is 1. The van der Waals surface area contributed by atoms with E-state index in [1.807, 2.05) is 30.3 Å². The second-order valence-corrected chi connectivity index (χ2v) is 6.49. The molecular weight excluding hydrogens is 282 g/mol. The summed E-state index contributed by atoms with van der Waals surface area (Å²) in [4.78, 5) is 25.0. The fraction of sp³-hybridized carbons (Fsp3) is 0.529. The van der Waals surface area contributed by atoms with Crippen molar-refractivity contribution in [3.8, 4) is 0 Å². The number of nitrogens with zero attached hydrogens (tertiary/aromatic N) is 1. The van der Waals surface area contributed by atoms with Gasteiger partial charge in [-0.1, -0.05) is 30.3 Å². The molecule has 1 aliphatic heterocycles. The molecule has 1 amide bonds. The lowest BCUT2D eigenvalue weighted by Gasteiger charge is -2.23. The predicted molar refractivity (Wildman–Crippen MR) is 80.2 cm³/mol. The highest BCUT2D eigenvalue weighted by Crippen LogP contribution is 2.48. The first-order chi connectivity index (χ1) is 10.6. The number of ether oxygens (including phenoxy) is 1. The van der Waals surface area contributed by atoms with Gasteiger partial charge in [-0.05, 0) is 36.7 Å². The third-order valence-corrected chi connectivity index (χ3v) is 4.95. The van der Waals surface area contributed by atoms with Gasteiger partial charge in [0.1, 0.15) is 6.61 Å². The fourth-order valence-corrected chi connectivity index (χ4v) is 3.69. The van der Waals surface area contributed by atoms with Gasteiger partial charge in [-0.2, -0.15) is 0 Å². The number of likely N-dealkylation sites (tertiary alicyclic amines) is 1. The van der Waals surface area contributed by atoms with Crippen LogP contribution in [0.4, 0.5) is 4.79 Å². The van der Waals surface area contributed by atoms with E-state index in [9.17, 15) is 9.59 Å². The first kappa shape index (κ1) is 14.9. The summed E-state index contributed by atoms with van der Waals surface area (Å²) in [5, 5.41) is 9.14.